The normalized spacial score (nSPS) is 13.1. The van der Waals surface area contributed by atoms with Crippen LogP contribution in [-0.4, -0.2) is 19.1 Å². The number of nitrogens with one attached hydrogen (secondary N) is 1. The van der Waals surface area contributed by atoms with Crippen LogP contribution in [0.4, 0.5) is 13.2 Å². The summed E-state index contributed by atoms with van der Waals surface area (Å²) in [4.78, 5) is 11.8. The molecule has 112 valence electrons. The fraction of sp³-hybridized carbons (Fsp3) is 0.500. The second kappa shape index (κ2) is 7.28. The van der Waals surface area contributed by atoms with Gasteiger partial charge in [0.15, 0.2) is 0 Å². The lowest BCUT2D eigenvalue weighted by Gasteiger charge is -2.18. The molecule has 0 bridgehead atoms. The van der Waals surface area contributed by atoms with Crippen LogP contribution in [0.3, 0.4) is 0 Å². The molecule has 0 heterocycles. The summed E-state index contributed by atoms with van der Waals surface area (Å²) in [6.45, 7) is 4.25. The van der Waals surface area contributed by atoms with Crippen molar-refractivity contribution in [3.63, 3.8) is 0 Å². The Hall–Kier alpha value is -1.56. The first kappa shape index (κ1) is 16.5. The molecule has 0 aliphatic carbocycles. The molecule has 1 N–H and O–H groups in total. The summed E-state index contributed by atoms with van der Waals surface area (Å²) in [5.41, 5.74) is -0.519. The summed E-state index contributed by atoms with van der Waals surface area (Å²) in [6, 6.07) is 3.85. The van der Waals surface area contributed by atoms with Gasteiger partial charge in [-0.15, -0.1) is 0 Å². The third kappa shape index (κ3) is 4.52. The average Bonchev–Trinajstić information content (AvgIpc) is 2.39. The molecule has 6 heteroatoms. The summed E-state index contributed by atoms with van der Waals surface area (Å²) >= 11 is 0. The van der Waals surface area contributed by atoms with Gasteiger partial charge in [-0.05, 0) is 37.6 Å². The molecule has 1 unspecified atom stereocenters. The van der Waals surface area contributed by atoms with Crippen LogP contribution >= 0.6 is 0 Å². The van der Waals surface area contributed by atoms with Crippen LogP contribution in [0.5, 0.6) is 0 Å². The van der Waals surface area contributed by atoms with Crippen molar-refractivity contribution in [2.75, 3.05) is 13.2 Å². The van der Waals surface area contributed by atoms with Gasteiger partial charge in [0.05, 0.1) is 12.2 Å². The van der Waals surface area contributed by atoms with E-state index in [1.165, 1.54) is 12.1 Å². The molecule has 0 spiro atoms. The summed E-state index contributed by atoms with van der Waals surface area (Å²) in [5, 5.41) is 2.91. The fourth-order valence-corrected chi connectivity index (χ4v) is 1.75. The highest BCUT2D eigenvalue weighted by atomic mass is 19.4. The predicted octanol–water partition coefficient (Wildman–Crippen LogP) is 3.31. The Bertz CT molecular complexity index is 446. The molecule has 1 aromatic carbocycles. The molecule has 1 aromatic rings. The molecule has 1 rings (SSSR count). The van der Waals surface area contributed by atoms with E-state index in [0.29, 0.717) is 6.54 Å². The molecule has 1 atom stereocenters. The topological polar surface area (TPSA) is 38.3 Å². The lowest BCUT2D eigenvalue weighted by atomic mass is 10.0. The summed E-state index contributed by atoms with van der Waals surface area (Å²) < 4.78 is 43.0. The molecular formula is C14H18F3NO2. The second-order valence-corrected chi connectivity index (χ2v) is 4.26. The highest BCUT2D eigenvalue weighted by molar-refractivity contribution is 5.77. The van der Waals surface area contributed by atoms with E-state index in [2.05, 4.69) is 5.32 Å². The number of hydrogen-bond donors (Lipinski definition) is 1. The molecule has 0 aliphatic heterocycles. The standard InChI is InChI=1S/C14H18F3NO2/c1-3-8-18-12(13(19)20-4-2)10-6-5-7-11(9-10)14(15,16)17/h5-7,9,12,18H,3-4,8H2,1-2H3. The Balaban J connectivity index is 3.03. The highest BCUT2D eigenvalue weighted by Gasteiger charge is 2.32. The molecule has 0 saturated heterocycles. The molecule has 0 aromatic heterocycles. The molecule has 0 radical (unpaired) electrons. The number of rotatable bonds is 6. The molecule has 3 nitrogen and oxygen atoms in total. The Morgan fingerprint density at radius 3 is 2.60 bits per heavy atom. The van der Waals surface area contributed by atoms with Gasteiger partial charge >= 0.3 is 12.1 Å². The van der Waals surface area contributed by atoms with Crippen LogP contribution in [0.25, 0.3) is 0 Å². The Morgan fingerprint density at radius 1 is 1.35 bits per heavy atom. The first-order chi connectivity index (χ1) is 9.40. The summed E-state index contributed by atoms with van der Waals surface area (Å²) in [5.74, 6) is -0.569. The van der Waals surface area contributed by atoms with Crippen molar-refractivity contribution in [2.45, 2.75) is 32.5 Å². The third-order valence-corrected chi connectivity index (χ3v) is 2.67. The van der Waals surface area contributed by atoms with E-state index in [1.807, 2.05) is 6.92 Å². The lowest BCUT2D eigenvalue weighted by Crippen LogP contribution is -2.31. The van der Waals surface area contributed by atoms with Crippen molar-refractivity contribution >= 4 is 5.97 Å². The van der Waals surface area contributed by atoms with Crippen molar-refractivity contribution in [2.24, 2.45) is 0 Å². The van der Waals surface area contributed by atoms with E-state index in [4.69, 9.17) is 4.74 Å². The molecular weight excluding hydrogens is 271 g/mol. The SMILES string of the molecule is CCCNC(C(=O)OCC)c1cccc(C(F)(F)F)c1. The average molecular weight is 289 g/mol. The van der Waals surface area contributed by atoms with Crippen molar-refractivity contribution in [3.8, 4) is 0 Å². The van der Waals surface area contributed by atoms with Crippen molar-refractivity contribution in [3.05, 3.63) is 35.4 Å². The number of benzene rings is 1. The van der Waals surface area contributed by atoms with Crippen LogP contribution in [0, 0.1) is 0 Å². The zero-order chi connectivity index (χ0) is 15.2. The Kier molecular flexibility index (Phi) is 6.01. The Labute approximate surface area is 116 Å². The van der Waals surface area contributed by atoms with Crippen molar-refractivity contribution in [1.29, 1.82) is 0 Å². The maximum Gasteiger partial charge on any atom is 0.416 e. The van der Waals surface area contributed by atoms with Gasteiger partial charge in [0, 0.05) is 0 Å². The van der Waals surface area contributed by atoms with Crippen molar-refractivity contribution < 1.29 is 22.7 Å². The largest absolute Gasteiger partial charge is 0.465 e. The fourth-order valence-electron chi connectivity index (χ4n) is 1.75. The van der Waals surface area contributed by atoms with Crippen molar-refractivity contribution in [1.82, 2.24) is 5.32 Å². The zero-order valence-corrected chi connectivity index (χ0v) is 11.5. The third-order valence-electron chi connectivity index (χ3n) is 2.67. The quantitative estimate of drug-likeness (QED) is 0.817. The number of carbonyl (C=O) groups is 1. The molecule has 0 aliphatic rings. The predicted molar refractivity (Wildman–Crippen MR) is 69.1 cm³/mol. The minimum atomic E-state index is -4.43. The maximum absolute atomic E-state index is 12.7. The molecule has 0 fully saturated rings. The number of halogens is 3. The van der Waals surface area contributed by atoms with Gasteiger partial charge in [0.1, 0.15) is 6.04 Å². The van der Waals surface area contributed by atoms with E-state index in [-0.39, 0.29) is 12.2 Å². The number of alkyl halides is 3. The van der Waals surface area contributed by atoms with E-state index < -0.39 is 23.8 Å². The van der Waals surface area contributed by atoms with E-state index >= 15 is 0 Å². The van der Waals surface area contributed by atoms with E-state index in [0.717, 1.165) is 18.6 Å². The molecule has 20 heavy (non-hydrogen) atoms. The van der Waals surface area contributed by atoms with Gasteiger partial charge in [-0.25, -0.2) is 4.79 Å². The molecule has 0 amide bonds. The number of ether oxygens (including phenoxy) is 1. The van der Waals surface area contributed by atoms with E-state index in [1.54, 1.807) is 6.92 Å². The van der Waals surface area contributed by atoms with Crippen LogP contribution in [0.1, 0.15) is 37.4 Å². The highest BCUT2D eigenvalue weighted by Crippen LogP contribution is 2.31. The van der Waals surface area contributed by atoms with E-state index in [9.17, 15) is 18.0 Å². The first-order valence-electron chi connectivity index (χ1n) is 6.47. The lowest BCUT2D eigenvalue weighted by molar-refractivity contribution is -0.146. The first-order valence-corrected chi connectivity index (χ1v) is 6.47. The maximum atomic E-state index is 12.7. The Morgan fingerprint density at radius 2 is 2.05 bits per heavy atom. The minimum absolute atomic E-state index is 0.183. The smallest absolute Gasteiger partial charge is 0.416 e. The van der Waals surface area contributed by atoms with Gasteiger partial charge in [0.25, 0.3) is 0 Å². The van der Waals surface area contributed by atoms with Gasteiger partial charge in [-0.3, -0.25) is 0 Å². The molecule has 0 saturated carbocycles. The van der Waals surface area contributed by atoms with Gasteiger partial charge in [-0.2, -0.15) is 13.2 Å². The van der Waals surface area contributed by atoms with Gasteiger partial charge < -0.3 is 10.1 Å². The zero-order valence-electron chi connectivity index (χ0n) is 11.5. The summed E-state index contributed by atoms with van der Waals surface area (Å²) in [7, 11) is 0. The summed E-state index contributed by atoms with van der Waals surface area (Å²) in [6.07, 6.45) is -3.67. The van der Waals surface area contributed by atoms with Crippen LogP contribution in [0.15, 0.2) is 24.3 Å². The van der Waals surface area contributed by atoms with Crippen LogP contribution < -0.4 is 5.32 Å². The monoisotopic (exact) mass is 289 g/mol. The minimum Gasteiger partial charge on any atom is -0.465 e. The number of carbonyl (C=O) groups excluding carboxylic acids is 1. The number of esters is 1. The van der Waals surface area contributed by atoms with Gasteiger partial charge in [0.2, 0.25) is 0 Å². The second-order valence-electron chi connectivity index (χ2n) is 4.26. The van der Waals surface area contributed by atoms with Gasteiger partial charge in [-0.1, -0.05) is 19.1 Å². The van der Waals surface area contributed by atoms with Crippen LogP contribution in [0.2, 0.25) is 0 Å². The van der Waals surface area contributed by atoms with Crippen LogP contribution in [-0.2, 0) is 15.7 Å². The number of hydrogen-bond acceptors (Lipinski definition) is 3.